The zero-order chi connectivity index (χ0) is 23.5. The molecule has 10 nitrogen and oxygen atoms in total. The summed E-state index contributed by atoms with van der Waals surface area (Å²) in [7, 11) is 2.24. The summed E-state index contributed by atoms with van der Waals surface area (Å²) in [6, 6.07) is 0.922. The van der Waals surface area contributed by atoms with Crippen LogP contribution in [0.4, 0.5) is 0 Å². The van der Waals surface area contributed by atoms with E-state index in [0.29, 0.717) is 37.3 Å². The van der Waals surface area contributed by atoms with E-state index in [9.17, 15) is 9.59 Å². The molecule has 34 heavy (non-hydrogen) atoms. The van der Waals surface area contributed by atoms with Crippen molar-refractivity contribution in [2.45, 2.75) is 68.9 Å². The number of quaternary nitrogens is 2. The Morgan fingerprint density at radius 1 is 1.18 bits per heavy atom. The van der Waals surface area contributed by atoms with E-state index in [1.165, 1.54) is 30.7 Å². The Morgan fingerprint density at radius 3 is 2.76 bits per heavy atom. The first-order valence-corrected chi connectivity index (χ1v) is 14.4. The first-order valence-electron chi connectivity index (χ1n) is 13.4. The average Bonchev–Trinajstić information content (AvgIpc) is 3.52. The molecule has 5 aliphatic heterocycles. The highest BCUT2D eigenvalue weighted by Crippen LogP contribution is 2.20. The molecule has 0 saturated carbocycles. The number of nitrogens with one attached hydrogen (secondary N) is 4. The largest absolute Gasteiger partial charge is 0.349 e. The normalized spacial score (nSPS) is 37.9. The predicted octanol–water partition coefficient (Wildman–Crippen LogP) is -3.44. The van der Waals surface area contributed by atoms with E-state index in [2.05, 4.69) is 42.6 Å². The van der Waals surface area contributed by atoms with E-state index < -0.39 is 0 Å². The maximum atomic E-state index is 13.0. The minimum Gasteiger partial charge on any atom is -0.349 e. The van der Waals surface area contributed by atoms with Gasteiger partial charge in [0.05, 0.1) is 20.1 Å². The van der Waals surface area contributed by atoms with Gasteiger partial charge in [-0.15, -0.1) is 0 Å². The third kappa shape index (κ3) is 5.55. The van der Waals surface area contributed by atoms with Gasteiger partial charge in [0.25, 0.3) is 0 Å². The molecule has 0 bridgehead atoms. The number of nitrogens with two attached hydrogens (primary N) is 1. The van der Waals surface area contributed by atoms with Gasteiger partial charge in [-0.1, -0.05) is 11.9 Å². The van der Waals surface area contributed by atoms with Crippen molar-refractivity contribution in [2.24, 2.45) is 0 Å². The first kappa shape index (κ1) is 24.7. The van der Waals surface area contributed by atoms with Crippen molar-refractivity contribution in [3.05, 3.63) is 0 Å². The molecule has 0 aromatic heterocycles. The molecule has 5 aliphatic rings. The van der Waals surface area contributed by atoms with E-state index in [0.717, 1.165) is 57.9 Å². The highest BCUT2D eigenvalue weighted by atomic mass is 32.2. The molecule has 5 fully saturated rings. The minimum absolute atomic E-state index is 0.0576. The van der Waals surface area contributed by atoms with E-state index in [1.54, 1.807) is 11.9 Å². The van der Waals surface area contributed by atoms with Gasteiger partial charge in [0.15, 0.2) is 0 Å². The van der Waals surface area contributed by atoms with Crippen LogP contribution in [0.1, 0.15) is 38.5 Å². The lowest BCUT2D eigenvalue weighted by Crippen LogP contribution is -3.18. The maximum absolute atomic E-state index is 13.0. The van der Waals surface area contributed by atoms with Gasteiger partial charge in [0.1, 0.15) is 24.3 Å². The van der Waals surface area contributed by atoms with E-state index in [1.807, 2.05) is 0 Å². The SMILES string of the molecule is C[NH+]1[C@@H](CCC(=O)N2CCN(C3CCCC[NH2+]3)CC2)CNC(=O)[C@@H]2[C@@H]1CCN2CC1CSNN1. The van der Waals surface area contributed by atoms with Crippen LogP contribution in [0.3, 0.4) is 0 Å². The number of carbonyl (C=O) groups is 2. The zero-order valence-electron chi connectivity index (χ0n) is 20.6. The fourth-order valence-corrected chi connectivity index (χ4v) is 7.44. The van der Waals surface area contributed by atoms with Crippen LogP contribution < -0.4 is 25.8 Å². The molecule has 192 valence electrons. The summed E-state index contributed by atoms with van der Waals surface area (Å²) < 4.78 is 0. The quantitative estimate of drug-likeness (QED) is 0.244. The molecule has 0 aliphatic carbocycles. The van der Waals surface area contributed by atoms with Crippen LogP contribution in [-0.4, -0.2) is 122 Å². The monoisotopic (exact) mass is 496 g/mol. The summed E-state index contributed by atoms with van der Waals surface area (Å²) in [6.45, 7) is 7.49. The maximum Gasteiger partial charge on any atom is 0.243 e. The number of carbonyl (C=O) groups excluding carboxylic acids is 2. The van der Waals surface area contributed by atoms with Gasteiger partial charge >= 0.3 is 0 Å². The molecule has 5 rings (SSSR count). The molecule has 0 aromatic carbocycles. The Kier molecular flexibility index (Phi) is 8.30. The third-order valence-electron chi connectivity index (χ3n) is 8.83. The highest BCUT2D eigenvalue weighted by molar-refractivity contribution is 7.97. The smallest absolute Gasteiger partial charge is 0.243 e. The summed E-state index contributed by atoms with van der Waals surface area (Å²) in [4.78, 5) is 37.6. The Balaban J connectivity index is 1.10. The number of hydrazine groups is 1. The second-order valence-corrected chi connectivity index (χ2v) is 11.6. The standard InChI is InChI=1S/C23H42N8O2S/c1-28-18(5-6-21(32)30-12-10-29(11-13-30)20-4-2-3-8-24-20)14-25-23(33)22-19(28)7-9-31(22)15-17-16-34-27-26-17/h17-20,22,24,26-27H,2-16H2,1H3,(H,25,33)/p+2/t17?,18-,19-,20?,22-/m0/s1. The lowest BCUT2D eigenvalue weighted by molar-refractivity contribution is -0.928. The van der Waals surface area contributed by atoms with E-state index >= 15 is 0 Å². The second-order valence-electron chi connectivity index (χ2n) is 10.8. The number of amides is 2. The number of hydrogen-bond acceptors (Lipinski definition) is 7. The lowest BCUT2D eigenvalue weighted by Gasteiger charge is -2.39. The number of hydrogen-bond donors (Lipinski definition) is 5. The predicted molar refractivity (Wildman–Crippen MR) is 132 cm³/mol. The second kappa shape index (κ2) is 11.4. The molecule has 5 heterocycles. The number of nitrogens with zero attached hydrogens (tertiary/aromatic N) is 3. The Hall–Kier alpha value is -0.950. The van der Waals surface area contributed by atoms with Crippen LogP contribution in [0.2, 0.25) is 0 Å². The number of piperidine rings is 1. The Labute approximate surface area is 208 Å². The Bertz CT molecular complexity index is 709. The molecular weight excluding hydrogens is 452 g/mol. The molecule has 5 saturated heterocycles. The van der Waals surface area contributed by atoms with E-state index in [4.69, 9.17) is 0 Å². The van der Waals surface area contributed by atoms with Crippen LogP contribution >= 0.6 is 11.9 Å². The van der Waals surface area contributed by atoms with Crippen molar-refractivity contribution in [2.75, 3.05) is 65.2 Å². The fourth-order valence-electron chi connectivity index (χ4n) is 6.71. The summed E-state index contributed by atoms with van der Waals surface area (Å²) in [5.74, 6) is 1.48. The summed E-state index contributed by atoms with van der Waals surface area (Å²) in [5, 5.41) is 5.70. The first-order chi connectivity index (χ1) is 16.6. The molecule has 0 spiro atoms. The van der Waals surface area contributed by atoms with E-state index in [-0.39, 0.29) is 17.9 Å². The fraction of sp³-hybridized carbons (Fsp3) is 0.913. The number of piperazine rings is 1. The summed E-state index contributed by atoms with van der Waals surface area (Å²) in [5.41, 5.74) is 3.30. The summed E-state index contributed by atoms with van der Waals surface area (Å²) in [6.07, 6.45) is 7.04. The molecule has 2 amide bonds. The molecule has 6 N–H and O–H groups in total. The topological polar surface area (TPSA) is 101 Å². The molecule has 6 atom stereocenters. The van der Waals surface area contributed by atoms with Crippen LogP contribution in [0.5, 0.6) is 0 Å². The van der Waals surface area contributed by atoms with Crippen LogP contribution in [-0.2, 0) is 9.59 Å². The van der Waals surface area contributed by atoms with Gasteiger partial charge in [0, 0.05) is 76.7 Å². The van der Waals surface area contributed by atoms with Crippen LogP contribution in [0.15, 0.2) is 0 Å². The number of likely N-dealkylation sites (tertiary alicyclic amines) is 1. The van der Waals surface area contributed by atoms with Crippen LogP contribution in [0.25, 0.3) is 0 Å². The van der Waals surface area contributed by atoms with Gasteiger partial charge < -0.3 is 20.4 Å². The van der Waals surface area contributed by atoms with Crippen molar-refractivity contribution in [3.8, 4) is 0 Å². The molecular formula is C23H44N8O2S+2. The van der Waals surface area contributed by atoms with Crippen molar-refractivity contribution >= 4 is 23.8 Å². The van der Waals surface area contributed by atoms with Crippen molar-refractivity contribution < 1.29 is 19.8 Å². The molecule has 3 unspecified atom stereocenters. The lowest BCUT2D eigenvalue weighted by atomic mass is 10.0. The van der Waals surface area contributed by atoms with Gasteiger partial charge in [-0.2, -0.15) is 0 Å². The number of likely N-dealkylation sites (N-methyl/N-ethyl adjacent to an activating group) is 1. The summed E-state index contributed by atoms with van der Waals surface area (Å²) >= 11 is 1.70. The highest BCUT2D eigenvalue weighted by Gasteiger charge is 2.48. The van der Waals surface area contributed by atoms with Crippen LogP contribution in [0, 0.1) is 0 Å². The average molecular weight is 497 g/mol. The number of fused-ring (bicyclic) bond motifs is 1. The molecule has 11 heteroatoms. The van der Waals surface area contributed by atoms with Gasteiger partial charge in [-0.3, -0.25) is 19.4 Å². The molecule has 0 aromatic rings. The Morgan fingerprint density at radius 2 is 2.03 bits per heavy atom. The van der Waals surface area contributed by atoms with Crippen molar-refractivity contribution in [3.63, 3.8) is 0 Å². The third-order valence-corrected chi connectivity index (χ3v) is 9.66. The van der Waals surface area contributed by atoms with Gasteiger partial charge in [0.2, 0.25) is 11.8 Å². The number of rotatable bonds is 6. The van der Waals surface area contributed by atoms with Gasteiger partial charge in [-0.25, -0.2) is 10.3 Å². The van der Waals surface area contributed by atoms with Gasteiger partial charge in [-0.05, 0) is 12.8 Å². The minimum atomic E-state index is -0.0576. The molecule has 0 radical (unpaired) electrons. The van der Waals surface area contributed by atoms with Crippen molar-refractivity contribution in [1.82, 2.24) is 30.3 Å². The zero-order valence-corrected chi connectivity index (χ0v) is 21.5. The van der Waals surface area contributed by atoms with Crippen molar-refractivity contribution in [1.29, 1.82) is 0 Å².